The van der Waals surface area contributed by atoms with Crippen LogP contribution in [-0.4, -0.2) is 23.9 Å². The Bertz CT molecular complexity index is 499. The first-order valence-electron chi connectivity index (χ1n) is 8.12. The molecule has 0 bridgehead atoms. The van der Waals surface area contributed by atoms with Crippen molar-refractivity contribution in [2.45, 2.75) is 59.3 Å². The summed E-state index contributed by atoms with van der Waals surface area (Å²) in [5, 5.41) is 0.713. The molecule has 0 radical (unpaired) electrons. The van der Waals surface area contributed by atoms with Gasteiger partial charge in [-0.25, -0.2) is 0 Å². The smallest absolute Gasteiger partial charge is 0.257 e. The van der Waals surface area contributed by atoms with E-state index >= 15 is 0 Å². The van der Waals surface area contributed by atoms with E-state index in [2.05, 4.69) is 27.7 Å². The van der Waals surface area contributed by atoms with Gasteiger partial charge in [0, 0.05) is 18.0 Å². The fourth-order valence-corrected chi connectivity index (χ4v) is 4.16. The van der Waals surface area contributed by atoms with E-state index in [-0.39, 0.29) is 5.91 Å². The highest BCUT2D eigenvalue weighted by atomic mass is 32.1. The van der Waals surface area contributed by atoms with Gasteiger partial charge >= 0.3 is 0 Å². The molecule has 2 heterocycles. The second-order valence-corrected chi connectivity index (χ2v) is 7.87. The number of amides is 1. The average Bonchev–Trinajstić information content (AvgIpc) is 2.75. The standard InChI is InChI=1S/C17H28N2OS/c1-11(2)10-13-14(16(18)21-15(13)12(3)4)17(20)19-8-6-5-7-9-19/h11-12H,5-10,18H2,1-4H3. The van der Waals surface area contributed by atoms with Crippen molar-refractivity contribution >= 4 is 22.2 Å². The average molecular weight is 308 g/mol. The van der Waals surface area contributed by atoms with Crippen molar-refractivity contribution < 1.29 is 4.79 Å². The van der Waals surface area contributed by atoms with Crippen molar-refractivity contribution in [3.8, 4) is 0 Å². The summed E-state index contributed by atoms with van der Waals surface area (Å²) in [6, 6.07) is 0. The van der Waals surface area contributed by atoms with E-state index in [1.807, 2.05) is 4.90 Å². The summed E-state index contributed by atoms with van der Waals surface area (Å²) in [4.78, 5) is 16.2. The van der Waals surface area contributed by atoms with Gasteiger partial charge in [0.25, 0.3) is 5.91 Å². The van der Waals surface area contributed by atoms with Gasteiger partial charge in [-0.05, 0) is 43.1 Å². The highest BCUT2D eigenvalue weighted by Gasteiger charge is 2.28. The number of nitrogen functional groups attached to an aromatic ring is 1. The first kappa shape index (κ1) is 16.3. The third kappa shape index (κ3) is 3.60. The molecule has 0 atom stereocenters. The third-order valence-corrected chi connectivity index (χ3v) is 5.42. The Hall–Kier alpha value is -1.03. The zero-order chi connectivity index (χ0) is 15.6. The molecule has 1 aromatic rings. The van der Waals surface area contributed by atoms with Crippen molar-refractivity contribution in [2.75, 3.05) is 18.8 Å². The summed E-state index contributed by atoms with van der Waals surface area (Å²) in [6.45, 7) is 10.5. The van der Waals surface area contributed by atoms with Gasteiger partial charge in [0.1, 0.15) is 0 Å². The lowest BCUT2D eigenvalue weighted by molar-refractivity contribution is 0.0724. The number of nitrogens with two attached hydrogens (primary N) is 1. The molecule has 1 aromatic heterocycles. The number of hydrogen-bond acceptors (Lipinski definition) is 3. The Morgan fingerprint density at radius 3 is 2.33 bits per heavy atom. The lowest BCUT2D eigenvalue weighted by Gasteiger charge is -2.27. The minimum absolute atomic E-state index is 0.158. The molecule has 1 aliphatic rings. The molecule has 1 amide bonds. The zero-order valence-electron chi connectivity index (χ0n) is 13.7. The van der Waals surface area contributed by atoms with Crippen LogP contribution in [0.1, 0.15) is 73.7 Å². The van der Waals surface area contributed by atoms with Crippen LogP contribution in [0.4, 0.5) is 5.00 Å². The first-order chi connectivity index (χ1) is 9.91. The van der Waals surface area contributed by atoms with Crippen LogP contribution in [0.5, 0.6) is 0 Å². The lowest BCUT2D eigenvalue weighted by Crippen LogP contribution is -2.36. The molecule has 1 aliphatic heterocycles. The lowest BCUT2D eigenvalue weighted by atomic mass is 9.94. The quantitative estimate of drug-likeness (QED) is 0.902. The number of carbonyl (C=O) groups excluding carboxylic acids is 1. The molecule has 118 valence electrons. The van der Waals surface area contributed by atoms with Crippen molar-refractivity contribution in [1.29, 1.82) is 0 Å². The highest BCUT2D eigenvalue weighted by Crippen LogP contribution is 2.38. The molecule has 3 nitrogen and oxygen atoms in total. The summed E-state index contributed by atoms with van der Waals surface area (Å²) < 4.78 is 0. The normalized spacial score (nSPS) is 16.0. The van der Waals surface area contributed by atoms with E-state index in [0.717, 1.165) is 37.9 Å². The zero-order valence-corrected chi connectivity index (χ0v) is 14.6. The molecule has 0 spiro atoms. The predicted octanol–water partition coefficient (Wildman–Crippen LogP) is 4.28. The summed E-state index contributed by atoms with van der Waals surface area (Å²) in [6.07, 6.45) is 4.41. The summed E-state index contributed by atoms with van der Waals surface area (Å²) in [5.41, 5.74) is 8.25. The van der Waals surface area contributed by atoms with Crippen LogP contribution >= 0.6 is 11.3 Å². The molecule has 1 fully saturated rings. The van der Waals surface area contributed by atoms with Gasteiger partial charge in [-0.3, -0.25) is 4.79 Å². The Morgan fingerprint density at radius 2 is 1.81 bits per heavy atom. The minimum Gasteiger partial charge on any atom is -0.390 e. The molecule has 1 saturated heterocycles. The molecule has 4 heteroatoms. The topological polar surface area (TPSA) is 46.3 Å². The highest BCUT2D eigenvalue weighted by molar-refractivity contribution is 7.16. The van der Waals surface area contributed by atoms with Crippen LogP contribution in [0, 0.1) is 5.92 Å². The van der Waals surface area contributed by atoms with Gasteiger partial charge in [0.2, 0.25) is 0 Å². The molecular formula is C17H28N2OS. The maximum atomic E-state index is 12.9. The maximum Gasteiger partial charge on any atom is 0.257 e. The SMILES string of the molecule is CC(C)Cc1c(C(C)C)sc(N)c1C(=O)N1CCCCC1. The van der Waals surface area contributed by atoms with Crippen molar-refractivity contribution in [3.63, 3.8) is 0 Å². The minimum atomic E-state index is 0.158. The summed E-state index contributed by atoms with van der Waals surface area (Å²) in [7, 11) is 0. The van der Waals surface area contributed by atoms with Gasteiger partial charge in [-0.15, -0.1) is 11.3 Å². The van der Waals surface area contributed by atoms with Gasteiger partial charge in [0.15, 0.2) is 0 Å². The second kappa shape index (κ2) is 6.82. The maximum absolute atomic E-state index is 12.9. The number of anilines is 1. The van der Waals surface area contributed by atoms with E-state index in [0.29, 0.717) is 16.8 Å². The molecule has 0 unspecified atom stereocenters. The number of piperidine rings is 1. The Balaban J connectivity index is 2.38. The van der Waals surface area contributed by atoms with Crippen molar-refractivity contribution in [3.05, 3.63) is 16.0 Å². The molecular weight excluding hydrogens is 280 g/mol. The van der Waals surface area contributed by atoms with Crippen LogP contribution in [0.15, 0.2) is 0 Å². The van der Waals surface area contributed by atoms with Crippen molar-refractivity contribution in [1.82, 2.24) is 4.90 Å². The van der Waals surface area contributed by atoms with Crippen LogP contribution in [-0.2, 0) is 6.42 Å². The number of nitrogens with zero attached hydrogens (tertiary/aromatic N) is 1. The third-order valence-electron chi connectivity index (χ3n) is 4.06. The molecule has 0 aliphatic carbocycles. The Kier molecular flexibility index (Phi) is 5.31. The first-order valence-corrected chi connectivity index (χ1v) is 8.93. The summed E-state index contributed by atoms with van der Waals surface area (Å²) >= 11 is 1.61. The van der Waals surface area contributed by atoms with Crippen LogP contribution < -0.4 is 5.73 Å². The van der Waals surface area contributed by atoms with E-state index in [9.17, 15) is 4.79 Å². The number of carbonyl (C=O) groups is 1. The van der Waals surface area contributed by atoms with Gasteiger partial charge in [-0.2, -0.15) is 0 Å². The van der Waals surface area contributed by atoms with Crippen LogP contribution in [0.3, 0.4) is 0 Å². The number of likely N-dealkylation sites (tertiary alicyclic amines) is 1. The fourth-order valence-electron chi connectivity index (χ4n) is 3.07. The number of rotatable bonds is 4. The molecule has 0 saturated carbocycles. The van der Waals surface area contributed by atoms with E-state index < -0.39 is 0 Å². The van der Waals surface area contributed by atoms with Crippen molar-refractivity contribution in [2.24, 2.45) is 5.92 Å². The predicted molar refractivity (Wildman–Crippen MR) is 91.1 cm³/mol. The van der Waals surface area contributed by atoms with E-state index in [4.69, 9.17) is 5.73 Å². The van der Waals surface area contributed by atoms with E-state index in [1.165, 1.54) is 16.9 Å². The van der Waals surface area contributed by atoms with Gasteiger partial charge in [-0.1, -0.05) is 27.7 Å². The fraction of sp³-hybridized carbons (Fsp3) is 0.706. The largest absolute Gasteiger partial charge is 0.390 e. The Morgan fingerprint density at radius 1 is 1.19 bits per heavy atom. The van der Waals surface area contributed by atoms with E-state index in [1.54, 1.807) is 11.3 Å². The van der Waals surface area contributed by atoms with Gasteiger partial charge < -0.3 is 10.6 Å². The molecule has 0 aromatic carbocycles. The Labute approximate surface area is 132 Å². The second-order valence-electron chi connectivity index (χ2n) is 6.79. The molecule has 2 N–H and O–H groups in total. The monoisotopic (exact) mass is 308 g/mol. The molecule has 2 rings (SSSR count). The van der Waals surface area contributed by atoms with Gasteiger partial charge in [0.05, 0.1) is 10.6 Å². The van der Waals surface area contributed by atoms with Crippen LogP contribution in [0.2, 0.25) is 0 Å². The molecule has 21 heavy (non-hydrogen) atoms. The number of thiophene rings is 1. The summed E-state index contributed by atoms with van der Waals surface area (Å²) in [5.74, 6) is 1.12. The van der Waals surface area contributed by atoms with Crippen LogP contribution in [0.25, 0.3) is 0 Å². The number of hydrogen-bond donors (Lipinski definition) is 1.